The first-order chi connectivity index (χ1) is 15.9. The van der Waals surface area contributed by atoms with Gasteiger partial charge in [0.1, 0.15) is 11.3 Å². The number of benzene rings is 1. The van der Waals surface area contributed by atoms with Crippen LogP contribution in [-0.2, 0) is 6.54 Å². The van der Waals surface area contributed by atoms with Gasteiger partial charge in [0.25, 0.3) is 0 Å². The van der Waals surface area contributed by atoms with Crippen molar-refractivity contribution >= 4 is 40.1 Å². The maximum absolute atomic E-state index is 6.13. The standard InChI is InChI=1S/C22H25N7O2S2/c1-22(2,3)10-24-4-6-29-19-17(18(23)26-11-27-19)28-21(29)33-16-9-15-14(30-12-31-15)8-13(16)20-25-5-7-32-20/h5,7-9,11,24H,4,6,10,12H2,1-3H3,(H2,23,26,27). The summed E-state index contributed by atoms with van der Waals surface area (Å²) in [7, 11) is 0. The third-order valence-electron chi connectivity index (χ3n) is 5.03. The summed E-state index contributed by atoms with van der Waals surface area (Å²) < 4.78 is 13.3. The van der Waals surface area contributed by atoms with Gasteiger partial charge in [-0.05, 0) is 17.5 Å². The third kappa shape index (κ3) is 4.61. The van der Waals surface area contributed by atoms with Crippen molar-refractivity contribution in [3.8, 4) is 22.1 Å². The molecule has 172 valence electrons. The number of nitrogens with zero attached hydrogens (tertiary/aromatic N) is 5. The number of aromatic nitrogens is 5. The number of fused-ring (bicyclic) bond motifs is 2. The number of nitrogens with two attached hydrogens (primary N) is 1. The summed E-state index contributed by atoms with van der Waals surface area (Å²) in [6.45, 7) is 9.23. The predicted molar refractivity (Wildman–Crippen MR) is 130 cm³/mol. The SMILES string of the molecule is CC(C)(C)CNCCn1c(Sc2cc3c(cc2-c2nccs2)OCO3)nc2c(N)ncnc21. The second-order valence-electron chi connectivity index (χ2n) is 8.86. The van der Waals surface area contributed by atoms with Gasteiger partial charge in [0.05, 0.1) is 0 Å². The summed E-state index contributed by atoms with van der Waals surface area (Å²) in [5.41, 5.74) is 8.63. The average molecular weight is 484 g/mol. The number of nitrogen functional groups attached to an aromatic ring is 1. The van der Waals surface area contributed by atoms with E-state index in [0.717, 1.165) is 45.1 Å². The maximum Gasteiger partial charge on any atom is 0.231 e. The van der Waals surface area contributed by atoms with Crippen molar-refractivity contribution in [3.05, 3.63) is 30.0 Å². The van der Waals surface area contributed by atoms with Gasteiger partial charge in [0.2, 0.25) is 6.79 Å². The number of ether oxygens (including phenoxy) is 2. The first-order valence-electron chi connectivity index (χ1n) is 10.6. The molecule has 1 aromatic carbocycles. The van der Waals surface area contributed by atoms with Crippen LogP contribution in [0.5, 0.6) is 11.5 Å². The molecule has 0 unspecified atom stereocenters. The van der Waals surface area contributed by atoms with Crippen molar-refractivity contribution in [2.45, 2.75) is 37.4 Å². The molecular formula is C22H25N7O2S2. The minimum absolute atomic E-state index is 0.205. The lowest BCUT2D eigenvalue weighted by molar-refractivity contribution is 0.174. The van der Waals surface area contributed by atoms with E-state index in [1.165, 1.54) is 18.1 Å². The minimum atomic E-state index is 0.205. The zero-order chi connectivity index (χ0) is 23.0. The van der Waals surface area contributed by atoms with Crippen LogP contribution in [0, 0.1) is 5.41 Å². The topological polar surface area (TPSA) is 113 Å². The zero-order valence-corrected chi connectivity index (χ0v) is 20.3. The Bertz CT molecular complexity index is 1280. The summed E-state index contributed by atoms with van der Waals surface area (Å²) in [6.07, 6.45) is 3.28. The van der Waals surface area contributed by atoms with Gasteiger partial charge in [-0.25, -0.2) is 19.9 Å². The minimum Gasteiger partial charge on any atom is -0.454 e. The van der Waals surface area contributed by atoms with E-state index in [1.54, 1.807) is 17.5 Å². The van der Waals surface area contributed by atoms with E-state index in [-0.39, 0.29) is 12.2 Å². The second-order valence-corrected chi connectivity index (χ2v) is 10.8. The fraction of sp³-hybridized carbons (Fsp3) is 0.364. The molecule has 4 heterocycles. The number of hydrogen-bond acceptors (Lipinski definition) is 10. The fourth-order valence-electron chi connectivity index (χ4n) is 3.50. The number of rotatable bonds is 7. The highest BCUT2D eigenvalue weighted by molar-refractivity contribution is 7.99. The van der Waals surface area contributed by atoms with Crippen molar-refractivity contribution in [1.82, 2.24) is 29.8 Å². The molecule has 5 rings (SSSR count). The van der Waals surface area contributed by atoms with Crippen LogP contribution in [0.15, 0.2) is 40.1 Å². The van der Waals surface area contributed by atoms with Crippen LogP contribution in [0.4, 0.5) is 5.82 Å². The molecular weight excluding hydrogens is 458 g/mol. The van der Waals surface area contributed by atoms with Gasteiger partial charge in [0.15, 0.2) is 33.6 Å². The van der Waals surface area contributed by atoms with Gasteiger partial charge in [-0.15, -0.1) is 11.3 Å². The van der Waals surface area contributed by atoms with E-state index in [1.807, 2.05) is 17.5 Å². The second kappa shape index (κ2) is 8.81. The molecule has 0 radical (unpaired) electrons. The summed E-state index contributed by atoms with van der Waals surface area (Å²) in [6, 6.07) is 3.97. The van der Waals surface area contributed by atoms with Gasteiger partial charge >= 0.3 is 0 Å². The van der Waals surface area contributed by atoms with Crippen LogP contribution in [-0.4, -0.2) is 44.4 Å². The molecule has 11 heteroatoms. The Morgan fingerprint density at radius 2 is 2.00 bits per heavy atom. The molecule has 0 aliphatic carbocycles. The maximum atomic E-state index is 6.13. The first-order valence-corrected chi connectivity index (χ1v) is 12.3. The van der Waals surface area contributed by atoms with Crippen LogP contribution >= 0.6 is 23.1 Å². The molecule has 0 amide bonds. The first kappa shape index (κ1) is 21.9. The van der Waals surface area contributed by atoms with E-state index in [0.29, 0.717) is 23.6 Å². The predicted octanol–water partition coefficient (Wildman–Crippen LogP) is 4.05. The van der Waals surface area contributed by atoms with Gasteiger partial charge < -0.3 is 25.1 Å². The molecule has 0 spiro atoms. The fourth-order valence-corrected chi connectivity index (χ4v) is 5.28. The van der Waals surface area contributed by atoms with Crippen LogP contribution in [0.2, 0.25) is 0 Å². The molecule has 9 nitrogen and oxygen atoms in total. The lowest BCUT2D eigenvalue weighted by atomic mass is 9.97. The average Bonchev–Trinajstić information content (AvgIpc) is 3.51. The lowest BCUT2D eigenvalue weighted by Gasteiger charge is -2.19. The monoisotopic (exact) mass is 483 g/mol. The Morgan fingerprint density at radius 3 is 2.76 bits per heavy atom. The zero-order valence-electron chi connectivity index (χ0n) is 18.7. The largest absolute Gasteiger partial charge is 0.454 e. The molecule has 1 aliphatic rings. The Hall–Kier alpha value is -2.89. The van der Waals surface area contributed by atoms with Crippen molar-refractivity contribution in [2.24, 2.45) is 5.41 Å². The highest BCUT2D eigenvalue weighted by atomic mass is 32.2. The summed E-state index contributed by atoms with van der Waals surface area (Å²) in [5.74, 6) is 1.81. The van der Waals surface area contributed by atoms with Crippen molar-refractivity contribution in [2.75, 3.05) is 25.6 Å². The molecule has 3 aromatic heterocycles. The number of hydrogen-bond donors (Lipinski definition) is 2. The highest BCUT2D eigenvalue weighted by Gasteiger charge is 2.23. The van der Waals surface area contributed by atoms with Gasteiger partial charge in [-0.3, -0.25) is 0 Å². The summed E-state index contributed by atoms with van der Waals surface area (Å²) in [4.78, 5) is 18.9. The Balaban J connectivity index is 1.52. The van der Waals surface area contributed by atoms with Crippen LogP contribution < -0.4 is 20.5 Å². The van der Waals surface area contributed by atoms with Crippen LogP contribution in [0.3, 0.4) is 0 Å². The summed E-state index contributed by atoms with van der Waals surface area (Å²) >= 11 is 3.11. The normalized spacial score (nSPS) is 13.2. The van der Waals surface area contributed by atoms with Crippen molar-refractivity contribution in [1.29, 1.82) is 0 Å². The van der Waals surface area contributed by atoms with E-state index < -0.39 is 0 Å². The lowest BCUT2D eigenvalue weighted by Crippen LogP contribution is -2.29. The molecule has 0 saturated carbocycles. The van der Waals surface area contributed by atoms with Crippen molar-refractivity contribution in [3.63, 3.8) is 0 Å². The number of nitrogens with one attached hydrogen (secondary N) is 1. The van der Waals surface area contributed by atoms with Crippen LogP contribution in [0.25, 0.3) is 21.7 Å². The number of imidazole rings is 1. The summed E-state index contributed by atoms with van der Waals surface area (Å²) in [5, 5.41) is 7.17. The Kier molecular flexibility index (Phi) is 5.85. The van der Waals surface area contributed by atoms with Gasteiger partial charge in [0, 0.05) is 41.7 Å². The molecule has 1 aliphatic heterocycles. The molecule has 0 atom stereocenters. The van der Waals surface area contributed by atoms with Gasteiger partial charge in [-0.2, -0.15) is 0 Å². The van der Waals surface area contributed by atoms with Gasteiger partial charge in [-0.1, -0.05) is 32.5 Å². The smallest absolute Gasteiger partial charge is 0.231 e. The number of thiazole rings is 1. The molecule has 4 aromatic rings. The van der Waals surface area contributed by atoms with E-state index in [4.69, 9.17) is 20.2 Å². The Labute approximate surface area is 199 Å². The van der Waals surface area contributed by atoms with E-state index >= 15 is 0 Å². The van der Waals surface area contributed by atoms with Crippen LogP contribution in [0.1, 0.15) is 20.8 Å². The third-order valence-corrected chi connectivity index (χ3v) is 6.89. The Morgan fingerprint density at radius 1 is 1.18 bits per heavy atom. The van der Waals surface area contributed by atoms with Crippen molar-refractivity contribution < 1.29 is 9.47 Å². The molecule has 0 fully saturated rings. The highest BCUT2D eigenvalue weighted by Crippen LogP contribution is 2.45. The number of anilines is 1. The molecule has 3 N–H and O–H groups in total. The van der Waals surface area contributed by atoms with E-state index in [9.17, 15) is 0 Å². The van der Waals surface area contributed by atoms with E-state index in [2.05, 4.69) is 45.6 Å². The quantitative estimate of drug-likeness (QED) is 0.376. The molecule has 0 bridgehead atoms. The molecule has 0 saturated heterocycles. The molecule has 33 heavy (non-hydrogen) atoms.